The van der Waals surface area contributed by atoms with E-state index in [1.165, 1.54) is 12.1 Å². The van der Waals surface area contributed by atoms with Gasteiger partial charge in [0.2, 0.25) is 0 Å². The van der Waals surface area contributed by atoms with Crippen molar-refractivity contribution < 1.29 is 14.3 Å². The quantitative estimate of drug-likeness (QED) is 0.908. The van der Waals surface area contributed by atoms with Gasteiger partial charge in [0, 0.05) is 17.3 Å². The number of nitrogens with zero attached hydrogens (tertiary/aromatic N) is 1. The Kier molecular flexibility index (Phi) is 3.16. The van der Waals surface area contributed by atoms with Crippen LogP contribution in [-0.4, -0.2) is 15.6 Å². The summed E-state index contributed by atoms with van der Waals surface area (Å²) in [5, 5.41) is 8.96. The first-order valence-electron chi connectivity index (χ1n) is 4.90. The van der Waals surface area contributed by atoms with E-state index < -0.39 is 17.3 Å². The van der Waals surface area contributed by atoms with Crippen LogP contribution in [0.1, 0.15) is 10.4 Å². The van der Waals surface area contributed by atoms with Crippen LogP contribution in [0.4, 0.5) is 4.39 Å². The third kappa shape index (κ3) is 2.41. The van der Waals surface area contributed by atoms with Crippen LogP contribution in [0.15, 0.2) is 41.3 Å². The molecule has 0 radical (unpaired) electrons. The van der Waals surface area contributed by atoms with Gasteiger partial charge >= 0.3 is 5.97 Å². The van der Waals surface area contributed by atoms with Gasteiger partial charge in [-0.05, 0) is 24.3 Å². The van der Waals surface area contributed by atoms with Gasteiger partial charge in [-0.3, -0.25) is 9.36 Å². The van der Waals surface area contributed by atoms with E-state index in [-0.39, 0.29) is 16.3 Å². The Labute approximate surface area is 106 Å². The van der Waals surface area contributed by atoms with Crippen molar-refractivity contribution in [3.8, 4) is 5.69 Å². The van der Waals surface area contributed by atoms with Crippen LogP contribution >= 0.6 is 11.6 Å². The van der Waals surface area contributed by atoms with Crippen LogP contribution in [0.2, 0.25) is 5.02 Å². The minimum atomic E-state index is -1.17. The minimum absolute atomic E-state index is 0.0741. The Morgan fingerprint density at radius 3 is 2.61 bits per heavy atom. The molecule has 0 aliphatic rings. The normalized spacial score (nSPS) is 10.3. The Morgan fingerprint density at radius 2 is 2.00 bits per heavy atom. The van der Waals surface area contributed by atoms with E-state index in [1.807, 2.05) is 0 Å². The fourth-order valence-electron chi connectivity index (χ4n) is 1.49. The van der Waals surface area contributed by atoms with Crippen LogP contribution in [0.3, 0.4) is 0 Å². The van der Waals surface area contributed by atoms with Crippen LogP contribution in [-0.2, 0) is 0 Å². The number of carbonyl (C=O) groups is 1. The van der Waals surface area contributed by atoms with Crippen molar-refractivity contribution in [2.75, 3.05) is 0 Å². The molecule has 0 fully saturated rings. The fourth-order valence-corrected chi connectivity index (χ4v) is 1.71. The molecular weight excluding hydrogens is 261 g/mol. The molecule has 0 bridgehead atoms. The number of halogens is 2. The van der Waals surface area contributed by atoms with E-state index >= 15 is 0 Å². The maximum absolute atomic E-state index is 13.2. The first kappa shape index (κ1) is 12.3. The molecule has 0 unspecified atom stereocenters. The molecule has 0 spiro atoms. The molecule has 18 heavy (non-hydrogen) atoms. The SMILES string of the molecule is O=C(O)c1ccc(=O)n(-c2cc(F)cc(Cl)c2)c1. The molecule has 0 saturated heterocycles. The predicted octanol–water partition coefficient (Wildman–Crippen LogP) is 2.33. The lowest BCUT2D eigenvalue weighted by atomic mass is 10.2. The first-order chi connectivity index (χ1) is 8.47. The lowest BCUT2D eigenvalue weighted by molar-refractivity contribution is 0.0696. The van der Waals surface area contributed by atoms with E-state index in [0.717, 1.165) is 29.0 Å². The highest BCUT2D eigenvalue weighted by Gasteiger charge is 2.08. The van der Waals surface area contributed by atoms with Crippen molar-refractivity contribution in [3.63, 3.8) is 0 Å². The summed E-state index contributed by atoms with van der Waals surface area (Å²) < 4.78 is 14.2. The number of benzene rings is 1. The van der Waals surface area contributed by atoms with Gasteiger partial charge in [-0.25, -0.2) is 9.18 Å². The summed E-state index contributed by atoms with van der Waals surface area (Å²) in [6, 6.07) is 5.85. The van der Waals surface area contributed by atoms with Gasteiger partial charge < -0.3 is 5.11 Å². The van der Waals surface area contributed by atoms with E-state index in [2.05, 4.69) is 0 Å². The van der Waals surface area contributed by atoms with Gasteiger partial charge in [-0.2, -0.15) is 0 Å². The molecular formula is C12H7ClFNO3. The van der Waals surface area contributed by atoms with E-state index in [0.29, 0.717) is 0 Å². The summed E-state index contributed by atoms with van der Waals surface area (Å²) in [5.41, 5.74) is -0.371. The summed E-state index contributed by atoms with van der Waals surface area (Å²) in [4.78, 5) is 22.4. The molecule has 6 heteroatoms. The van der Waals surface area contributed by atoms with E-state index in [1.54, 1.807) is 0 Å². The lowest BCUT2D eigenvalue weighted by Crippen LogP contribution is -2.18. The molecule has 2 rings (SSSR count). The maximum Gasteiger partial charge on any atom is 0.337 e. The van der Waals surface area contributed by atoms with E-state index in [4.69, 9.17) is 16.7 Å². The standard InChI is InChI=1S/C12H7ClFNO3/c13-8-3-9(14)5-10(4-8)15-6-7(12(17)18)1-2-11(15)16/h1-6H,(H,17,18). The van der Waals surface area contributed by atoms with Crippen molar-refractivity contribution >= 4 is 17.6 Å². The number of aromatic carboxylic acids is 1. The predicted molar refractivity (Wildman–Crippen MR) is 64.0 cm³/mol. The highest BCUT2D eigenvalue weighted by molar-refractivity contribution is 6.30. The summed E-state index contributed by atoms with van der Waals surface area (Å²) in [6.07, 6.45) is 1.12. The van der Waals surface area contributed by atoms with Gasteiger partial charge in [0.15, 0.2) is 0 Å². The van der Waals surface area contributed by atoms with Gasteiger partial charge in [0.1, 0.15) is 5.82 Å². The topological polar surface area (TPSA) is 59.3 Å². The monoisotopic (exact) mass is 267 g/mol. The molecule has 1 heterocycles. The number of hydrogen-bond donors (Lipinski definition) is 1. The van der Waals surface area contributed by atoms with Gasteiger partial charge in [0.25, 0.3) is 5.56 Å². The van der Waals surface area contributed by atoms with Crippen molar-refractivity contribution in [2.45, 2.75) is 0 Å². The van der Waals surface area contributed by atoms with Crippen molar-refractivity contribution in [1.29, 1.82) is 0 Å². The smallest absolute Gasteiger partial charge is 0.337 e. The van der Waals surface area contributed by atoms with Crippen LogP contribution in [0.5, 0.6) is 0 Å². The van der Waals surface area contributed by atoms with Gasteiger partial charge in [-0.15, -0.1) is 0 Å². The number of rotatable bonds is 2. The van der Waals surface area contributed by atoms with E-state index in [9.17, 15) is 14.0 Å². The zero-order chi connectivity index (χ0) is 13.3. The number of carboxylic acids is 1. The molecule has 1 aromatic carbocycles. The largest absolute Gasteiger partial charge is 0.478 e. The lowest BCUT2D eigenvalue weighted by Gasteiger charge is -2.07. The third-order valence-electron chi connectivity index (χ3n) is 2.28. The summed E-state index contributed by atoms with van der Waals surface area (Å²) in [7, 11) is 0. The van der Waals surface area contributed by atoms with Crippen molar-refractivity contribution in [3.05, 3.63) is 63.3 Å². The number of aromatic nitrogens is 1. The Hall–Kier alpha value is -2.14. The fraction of sp³-hybridized carbons (Fsp3) is 0. The molecule has 1 aromatic heterocycles. The van der Waals surface area contributed by atoms with Crippen LogP contribution < -0.4 is 5.56 Å². The molecule has 0 atom stereocenters. The molecule has 0 amide bonds. The zero-order valence-corrected chi connectivity index (χ0v) is 9.69. The second kappa shape index (κ2) is 4.62. The molecule has 0 saturated carbocycles. The Balaban J connectivity index is 2.66. The maximum atomic E-state index is 13.2. The number of pyridine rings is 1. The Morgan fingerprint density at radius 1 is 1.28 bits per heavy atom. The zero-order valence-electron chi connectivity index (χ0n) is 8.93. The van der Waals surface area contributed by atoms with Crippen molar-refractivity contribution in [1.82, 2.24) is 4.57 Å². The summed E-state index contributed by atoms with van der Waals surface area (Å²) >= 11 is 5.68. The molecule has 92 valence electrons. The number of hydrogen-bond acceptors (Lipinski definition) is 2. The van der Waals surface area contributed by atoms with Crippen LogP contribution in [0.25, 0.3) is 5.69 Å². The van der Waals surface area contributed by atoms with Gasteiger partial charge in [0.05, 0.1) is 11.3 Å². The average molecular weight is 268 g/mol. The highest BCUT2D eigenvalue weighted by atomic mass is 35.5. The highest BCUT2D eigenvalue weighted by Crippen LogP contribution is 2.16. The van der Waals surface area contributed by atoms with Crippen molar-refractivity contribution in [2.24, 2.45) is 0 Å². The van der Waals surface area contributed by atoms with Crippen LogP contribution in [0, 0.1) is 5.82 Å². The van der Waals surface area contributed by atoms with Gasteiger partial charge in [-0.1, -0.05) is 11.6 Å². The molecule has 4 nitrogen and oxygen atoms in total. The second-order valence-corrected chi connectivity index (χ2v) is 4.00. The molecule has 0 aliphatic heterocycles. The summed E-state index contributed by atoms with van der Waals surface area (Å²) in [6.45, 7) is 0. The molecule has 1 N–H and O–H groups in total. The molecule has 0 aliphatic carbocycles. The third-order valence-corrected chi connectivity index (χ3v) is 2.50. The Bertz CT molecular complexity index is 661. The molecule has 2 aromatic rings. The minimum Gasteiger partial charge on any atom is -0.478 e. The number of carboxylic acid groups (broad SMARTS) is 1. The second-order valence-electron chi connectivity index (χ2n) is 3.56. The first-order valence-corrected chi connectivity index (χ1v) is 5.27. The summed E-state index contributed by atoms with van der Waals surface area (Å²) in [5.74, 6) is -1.78. The average Bonchev–Trinajstić information content (AvgIpc) is 2.27.